The van der Waals surface area contributed by atoms with Crippen molar-refractivity contribution in [3.05, 3.63) is 17.8 Å². The van der Waals surface area contributed by atoms with Gasteiger partial charge in [0.2, 0.25) is 5.65 Å². The number of hydrogen-bond acceptors (Lipinski definition) is 3. The second kappa shape index (κ2) is 2.06. The summed E-state index contributed by atoms with van der Waals surface area (Å²) in [6, 6.07) is 1.76. The van der Waals surface area contributed by atoms with Crippen LogP contribution in [0.5, 0.6) is 0 Å². The van der Waals surface area contributed by atoms with E-state index in [-0.39, 0.29) is 0 Å². The van der Waals surface area contributed by atoms with Crippen LogP contribution in [-0.2, 0) is 0 Å². The maximum atomic E-state index is 5.16. The number of hydrogen-bond donors (Lipinski definition) is 1. The van der Waals surface area contributed by atoms with E-state index < -0.39 is 0 Å². The largest absolute Gasteiger partial charge is 0.232 e. The Hall–Kier alpha value is -1.89. The van der Waals surface area contributed by atoms with E-state index in [2.05, 4.69) is 26.3 Å². The van der Waals surface area contributed by atoms with Crippen LogP contribution in [-0.4, -0.2) is 20.4 Å². The predicted molar refractivity (Wildman–Crippen MR) is 39.6 cm³/mol. The minimum absolute atomic E-state index is 0.587. The van der Waals surface area contributed by atoms with Crippen LogP contribution < -0.4 is 0 Å². The van der Waals surface area contributed by atoms with E-state index in [9.17, 15) is 0 Å². The van der Waals surface area contributed by atoms with E-state index in [0.29, 0.717) is 16.7 Å². The SMILES string of the molecule is C#Cc1cnc2n[nH]nc2c1. The maximum Gasteiger partial charge on any atom is 0.201 e. The van der Waals surface area contributed by atoms with E-state index in [0.717, 1.165) is 0 Å². The van der Waals surface area contributed by atoms with E-state index in [4.69, 9.17) is 6.42 Å². The second-order valence-electron chi connectivity index (χ2n) is 2.03. The summed E-state index contributed by atoms with van der Waals surface area (Å²) < 4.78 is 0. The normalized spacial score (nSPS) is 9.73. The summed E-state index contributed by atoms with van der Waals surface area (Å²) in [6.07, 6.45) is 6.75. The molecule has 0 aliphatic carbocycles. The summed E-state index contributed by atoms with van der Waals surface area (Å²) in [5.41, 5.74) is 2.00. The first-order chi connectivity index (χ1) is 5.40. The molecule has 2 aromatic rings. The minimum atomic E-state index is 0.587. The highest BCUT2D eigenvalue weighted by Crippen LogP contribution is 2.04. The molecule has 0 saturated heterocycles. The van der Waals surface area contributed by atoms with Gasteiger partial charge >= 0.3 is 0 Å². The van der Waals surface area contributed by atoms with Crippen LogP contribution >= 0.6 is 0 Å². The fraction of sp³-hybridized carbons (Fsp3) is 0. The number of terminal acetylenes is 1. The van der Waals surface area contributed by atoms with Crippen molar-refractivity contribution in [2.24, 2.45) is 0 Å². The molecule has 1 N–H and O–H groups in total. The highest BCUT2D eigenvalue weighted by molar-refractivity contribution is 5.70. The molecule has 0 aromatic carbocycles. The molecule has 0 amide bonds. The molecule has 4 nitrogen and oxygen atoms in total. The monoisotopic (exact) mass is 144 g/mol. The molecule has 2 heterocycles. The standard InChI is InChI=1S/C7H4N4/c1-2-5-3-6-7(8-4-5)10-11-9-6/h1,3-4H,(H,8,9,10,11). The van der Waals surface area contributed by atoms with Gasteiger partial charge in [-0.3, -0.25) is 0 Å². The number of aromatic amines is 1. The molecular formula is C7H4N4. The average Bonchev–Trinajstić information content (AvgIpc) is 2.50. The van der Waals surface area contributed by atoms with Crippen molar-refractivity contribution in [2.75, 3.05) is 0 Å². The third kappa shape index (κ3) is 0.829. The Morgan fingerprint density at radius 3 is 3.18 bits per heavy atom. The molecule has 0 radical (unpaired) electrons. The Morgan fingerprint density at radius 2 is 2.36 bits per heavy atom. The number of nitrogens with one attached hydrogen (secondary N) is 1. The Kier molecular flexibility index (Phi) is 1.10. The van der Waals surface area contributed by atoms with Crippen molar-refractivity contribution in [2.45, 2.75) is 0 Å². The van der Waals surface area contributed by atoms with Crippen LogP contribution in [0.15, 0.2) is 12.3 Å². The molecule has 0 aliphatic heterocycles. The number of aromatic nitrogens is 4. The van der Waals surface area contributed by atoms with Gasteiger partial charge in [0.25, 0.3) is 0 Å². The van der Waals surface area contributed by atoms with Crippen molar-refractivity contribution in [1.82, 2.24) is 20.4 Å². The molecule has 0 saturated carbocycles. The fourth-order valence-electron chi connectivity index (χ4n) is 0.820. The first-order valence-corrected chi connectivity index (χ1v) is 3.03. The summed E-state index contributed by atoms with van der Waals surface area (Å²) in [5, 5.41) is 10.1. The van der Waals surface area contributed by atoms with Crippen LogP contribution in [0, 0.1) is 12.3 Å². The predicted octanol–water partition coefficient (Wildman–Crippen LogP) is 0.334. The Bertz CT molecular complexity index is 423. The summed E-state index contributed by atoms with van der Waals surface area (Å²) in [7, 11) is 0. The molecule has 0 spiro atoms. The van der Waals surface area contributed by atoms with Gasteiger partial charge in [0.1, 0.15) is 5.52 Å². The Labute approximate surface area is 62.6 Å². The maximum absolute atomic E-state index is 5.16. The number of nitrogens with zero attached hydrogens (tertiary/aromatic N) is 3. The first kappa shape index (κ1) is 5.86. The van der Waals surface area contributed by atoms with Gasteiger partial charge in [0, 0.05) is 11.8 Å². The van der Waals surface area contributed by atoms with Gasteiger partial charge in [-0.15, -0.1) is 11.5 Å². The van der Waals surface area contributed by atoms with Gasteiger partial charge in [-0.1, -0.05) is 5.92 Å². The lowest BCUT2D eigenvalue weighted by atomic mass is 10.3. The minimum Gasteiger partial charge on any atom is -0.232 e. The van der Waals surface area contributed by atoms with Crippen molar-refractivity contribution in [3.63, 3.8) is 0 Å². The zero-order valence-corrected chi connectivity index (χ0v) is 5.57. The smallest absolute Gasteiger partial charge is 0.201 e. The van der Waals surface area contributed by atoms with Crippen LogP contribution in [0.25, 0.3) is 11.2 Å². The molecule has 2 rings (SSSR count). The molecule has 0 fully saturated rings. The molecular weight excluding hydrogens is 140 g/mol. The number of H-pyrrole nitrogens is 1. The van der Waals surface area contributed by atoms with E-state index in [1.165, 1.54) is 0 Å². The summed E-state index contributed by atoms with van der Waals surface area (Å²) in [4.78, 5) is 3.96. The topological polar surface area (TPSA) is 54.5 Å². The van der Waals surface area contributed by atoms with Crippen LogP contribution in [0.2, 0.25) is 0 Å². The molecule has 0 atom stereocenters. The summed E-state index contributed by atoms with van der Waals surface area (Å²) >= 11 is 0. The average molecular weight is 144 g/mol. The summed E-state index contributed by atoms with van der Waals surface area (Å²) in [6.45, 7) is 0. The lowest BCUT2D eigenvalue weighted by molar-refractivity contribution is 0.954. The van der Waals surface area contributed by atoms with Gasteiger partial charge in [0.15, 0.2) is 0 Å². The lowest BCUT2D eigenvalue weighted by Gasteiger charge is -1.85. The van der Waals surface area contributed by atoms with Gasteiger partial charge < -0.3 is 0 Å². The van der Waals surface area contributed by atoms with E-state index in [1.54, 1.807) is 12.3 Å². The first-order valence-electron chi connectivity index (χ1n) is 3.03. The van der Waals surface area contributed by atoms with Gasteiger partial charge in [-0.25, -0.2) is 4.98 Å². The lowest BCUT2D eigenvalue weighted by Crippen LogP contribution is -1.79. The molecule has 0 bridgehead atoms. The van der Waals surface area contributed by atoms with Crippen molar-refractivity contribution in [3.8, 4) is 12.3 Å². The summed E-state index contributed by atoms with van der Waals surface area (Å²) in [5.74, 6) is 2.46. The third-order valence-electron chi connectivity index (χ3n) is 1.34. The van der Waals surface area contributed by atoms with Gasteiger partial charge in [-0.05, 0) is 6.07 Å². The van der Waals surface area contributed by atoms with Crippen LogP contribution in [0.1, 0.15) is 5.56 Å². The molecule has 11 heavy (non-hydrogen) atoms. The third-order valence-corrected chi connectivity index (χ3v) is 1.34. The molecule has 0 unspecified atom stereocenters. The zero-order valence-electron chi connectivity index (χ0n) is 5.57. The van der Waals surface area contributed by atoms with E-state index in [1.807, 2.05) is 0 Å². The van der Waals surface area contributed by atoms with E-state index >= 15 is 0 Å². The highest BCUT2D eigenvalue weighted by Gasteiger charge is 1.97. The van der Waals surface area contributed by atoms with Gasteiger partial charge in [0.05, 0.1) is 0 Å². The highest BCUT2D eigenvalue weighted by atomic mass is 15.3. The Morgan fingerprint density at radius 1 is 1.45 bits per heavy atom. The van der Waals surface area contributed by atoms with Crippen LogP contribution in [0.4, 0.5) is 0 Å². The molecule has 52 valence electrons. The second-order valence-corrected chi connectivity index (χ2v) is 2.03. The Balaban J connectivity index is 2.79. The molecule has 2 aromatic heterocycles. The van der Waals surface area contributed by atoms with Crippen LogP contribution in [0.3, 0.4) is 0 Å². The fourth-order valence-corrected chi connectivity index (χ4v) is 0.820. The number of pyridine rings is 1. The molecule has 0 aliphatic rings. The van der Waals surface area contributed by atoms with Gasteiger partial charge in [-0.2, -0.15) is 10.3 Å². The number of rotatable bonds is 0. The van der Waals surface area contributed by atoms with Crippen molar-refractivity contribution >= 4 is 11.2 Å². The quantitative estimate of drug-likeness (QED) is 0.542. The van der Waals surface area contributed by atoms with Crippen molar-refractivity contribution < 1.29 is 0 Å². The van der Waals surface area contributed by atoms with Crippen molar-refractivity contribution in [1.29, 1.82) is 0 Å². The zero-order chi connectivity index (χ0) is 7.68. The molecule has 4 heteroatoms. The number of fused-ring (bicyclic) bond motifs is 1.